The van der Waals surface area contributed by atoms with Gasteiger partial charge in [-0.3, -0.25) is 4.79 Å². The molecule has 2 atom stereocenters. The van der Waals surface area contributed by atoms with Crippen LogP contribution in [0.15, 0.2) is 18.2 Å². The van der Waals surface area contributed by atoms with Gasteiger partial charge in [0.25, 0.3) is 5.91 Å². The largest absolute Gasteiger partial charge is 0.399 e. The number of amides is 1. The molecule has 3 N–H and O–H groups in total. The van der Waals surface area contributed by atoms with E-state index in [1.54, 1.807) is 0 Å². The van der Waals surface area contributed by atoms with Crippen molar-refractivity contribution >= 4 is 11.6 Å². The van der Waals surface area contributed by atoms with Gasteiger partial charge in [0.1, 0.15) is 5.82 Å². The molecule has 1 amide bonds. The Morgan fingerprint density at radius 3 is 3.06 bits per heavy atom. The molecular weight excluding hydrogens is 235 g/mol. The zero-order chi connectivity index (χ0) is 13.1. The van der Waals surface area contributed by atoms with Crippen LogP contribution in [-0.4, -0.2) is 25.2 Å². The van der Waals surface area contributed by atoms with Crippen LogP contribution in [0.2, 0.25) is 0 Å². The van der Waals surface area contributed by atoms with Crippen molar-refractivity contribution in [1.29, 1.82) is 0 Å². The van der Waals surface area contributed by atoms with Crippen molar-refractivity contribution in [2.75, 3.05) is 18.9 Å². The predicted octanol–water partition coefficient (Wildman–Crippen LogP) is 1.56. The summed E-state index contributed by atoms with van der Waals surface area (Å²) >= 11 is 0. The van der Waals surface area contributed by atoms with E-state index in [0.717, 1.165) is 13.0 Å². The number of carbonyl (C=O) groups is 1. The minimum Gasteiger partial charge on any atom is -0.399 e. The first-order chi connectivity index (χ1) is 8.58. The number of anilines is 1. The second-order valence-electron chi connectivity index (χ2n) is 4.63. The van der Waals surface area contributed by atoms with Crippen molar-refractivity contribution in [3.63, 3.8) is 0 Å². The third-order valence-corrected chi connectivity index (χ3v) is 3.27. The summed E-state index contributed by atoms with van der Waals surface area (Å²) in [4.78, 5) is 11.9. The Bertz CT molecular complexity index is 445. The zero-order valence-corrected chi connectivity index (χ0v) is 10.3. The summed E-state index contributed by atoms with van der Waals surface area (Å²) in [6.07, 6.45) is 0.918. The Morgan fingerprint density at radius 2 is 2.39 bits per heavy atom. The topological polar surface area (TPSA) is 64.4 Å². The monoisotopic (exact) mass is 252 g/mol. The molecular formula is C13H17FN2O2. The van der Waals surface area contributed by atoms with Crippen LogP contribution < -0.4 is 11.1 Å². The van der Waals surface area contributed by atoms with Crippen LogP contribution in [0, 0.1) is 11.7 Å². The predicted molar refractivity (Wildman–Crippen MR) is 66.7 cm³/mol. The molecule has 18 heavy (non-hydrogen) atoms. The van der Waals surface area contributed by atoms with E-state index in [1.165, 1.54) is 18.2 Å². The summed E-state index contributed by atoms with van der Waals surface area (Å²) in [6, 6.07) is 3.94. The minimum absolute atomic E-state index is 0.0132. The van der Waals surface area contributed by atoms with Crippen LogP contribution in [0.1, 0.15) is 23.7 Å². The lowest BCUT2D eigenvalue weighted by molar-refractivity contribution is 0.0918. The summed E-state index contributed by atoms with van der Waals surface area (Å²) in [5.74, 6) is -0.700. The van der Waals surface area contributed by atoms with Crippen molar-refractivity contribution in [2.24, 2.45) is 5.92 Å². The smallest absolute Gasteiger partial charge is 0.254 e. The molecule has 0 aliphatic carbocycles. The molecule has 0 bridgehead atoms. The first-order valence-corrected chi connectivity index (χ1v) is 6.01. The number of benzene rings is 1. The third-order valence-electron chi connectivity index (χ3n) is 3.27. The van der Waals surface area contributed by atoms with E-state index in [2.05, 4.69) is 5.32 Å². The molecule has 1 aromatic rings. The van der Waals surface area contributed by atoms with E-state index in [9.17, 15) is 9.18 Å². The summed E-state index contributed by atoms with van der Waals surface area (Å²) < 4.78 is 18.8. The minimum atomic E-state index is -0.559. The highest BCUT2D eigenvalue weighted by Gasteiger charge is 2.24. The number of halogens is 1. The number of nitrogen functional groups attached to an aromatic ring is 1. The second kappa shape index (κ2) is 5.35. The zero-order valence-electron chi connectivity index (χ0n) is 10.3. The van der Waals surface area contributed by atoms with Crippen LogP contribution in [0.4, 0.5) is 10.1 Å². The maximum atomic E-state index is 13.5. The molecule has 1 aliphatic rings. The Morgan fingerprint density at radius 1 is 1.61 bits per heavy atom. The third kappa shape index (κ3) is 2.79. The lowest BCUT2D eigenvalue weighted by Crippen LogP contribution is -2.38. The average Bonchev–Trinajstić information content (AvgIpc) is 2.85. The number of ether oxygens (including phenoxy) is 1. The van der Waals surface area contributed by atoms with Gasteiger partial charge >= 0.3 is 0 Å². The summed E-state index contributed by atoms with van der Waals surface area (Å²) in [5, 5.41) is 2.79. The first-order valence-electron chi connectivity index (χ1n) is 6.01. The highest BCUT2D eigenvalue weighted by atomic mass is 19.1. The molecule has 2 unspecified atom stereocenters. The first kappa shape index (κ1) is 12.8. The standard InChI is InChI=1S/C13H17FN2O2/c1-8(9-4-5-18-7-9)16-13(17)11-6-10(15)2-3-12(11)14/h2-3,6,8-9H,4-5,7,15H2,1H3,(H,16,17). The summed E-state index contributed by atoms with van der Waals surface area (Å²) in [6.45, 7) is 3.26. The maximum absolute atomic E-state index is 13.5. The fourth-order valence-electron chi connectivity index (χ4n) is 2.07. The van der Waals surface area contributed by atoms with Crippen LogP contribution in [-0.2, 0) is 4.74 Å². The van der Waals surface area contributed by atoms with E-state index >= 15 is 0 Å². The van der Waals surface area contributed by atoms with Crippen molar-refractivity contribution in [2.45, 2.75) is 19.4 Å². The number of hydrogen-bond donors (Lipinski definition) is 2. The lowest BCUT2D eigenvalue weighted by atomic mass is 10.0. The molecule has 1 heterocycles. The molecule has 2 rings (SSSR count). The Kier molecular flexibility index (Phi) is 3.81. The van der Waals surface area contributed by atoms with Crippen LogP contribution in [0.3, 0.4) is 0 Å². The molecule has 1 aromatic carbocycles. The van der Waals surface area contributed by atoms with E-state index in [4.69, 9.17) is 10.5 Å². The highest BCUT2D eigenvalue weighted by Crippen LogP contribution is 2.18. The van der Waals surface area contributed by atoms with E-state index in [-0.39, 0.29) is 17.5 Å². The SMILES string of the molecule is CC(NC(=O)c1cc(N)ccc1F)C1CCOC1. The Hall–Kier alpha value is -1.62. The number of carbonyl (C=O) groups excluding carboxylic acids is 1. The molecule has 1 fully saturated rings. The molecule has 0 radical (unpaired) electrons. The summed E-state index contributed by atoms with van der Waals surface area (Å²) in [5.41, 5.74) is 5.91. The van der Waals surface area contributed by atoms with Gasteiger partial charge in [-0.05, 0) is 31.5 Å². The Labute approximate surface area is 105 Å². The van der Waals surface area contributed by atoms with Gasteiger partial charge in [0, 0.05) is 24.3 Å². The van der Waals surface area contributed by atoms with E-state index in [0.29, 0.717) is 12.3 Å². The van der Waals surface area contributed by atoms with Crippen LogP contribution in [0.25, 0.3) is 0 Å². The van der Waals surface area contributed by atoms with Gasteiger partial charge in [-0.1, -0.05) is 0 Å². The van der Waals surface area contributed by atoms with Crippen molar-refractivity contribution in [3.8, 4) is 0 Å². The number of nitrogens with one attached hydrogen (secondary N) is 1. The highest BCUT2D eigenvalue weighted by molar-refractivity contribution is 5.95. The van der Waals surface area contributed by atoms with Crippen molar-refractivity contribution in [1.82, 2.24) is 5.32 Å². The Balaban J connectivity index is 2.04. The average molecular weight is 252 g/mol. The normalized spacial score (nSPS) is 20.7. The van der Waals surface area contributed by atoms with Gasteiger partial charge in [0.15, 0.2) is 0 Å². The van der Waals surface area contributed by atoms with Gasteiger partial charge in [-0.25, -0.2) is 4.39 Å². The van der Waals surface area contributed by atoms with E-state index < -0.39 is 11.7 Å². The lowest BCUT2D eigenvalue weighted by Gasteiger charge is -2.19. The molecule has 1 saturated heterocycles. The summed E-state index contributed by atoms with van der Waals surface area (Å²) in [7, 11) is 0. The molecule has 0 spiro atoms. The fraction of sp³-hybridized carbons (Fsp3) is 0.462. The van der Waals surface area contributed by atoms with E-state index in [1.807, 2.05) is 6.92 Å². The number of hydrogen-bond acceptors (Lipinski definition) is 3. The fourth-order valence-corrected chi connectivity index (χ4v) is 2.07. The number of rotatable bonds is 3. The van der Waals surface area contributed by atoms with Crippen LogP contribution in [0.5, 0.6) is 0 Å². The van der Waals surface area contributed by atoms with Gasteiger partial charge in [-0.2, -0.15) is 0 Å². The molecule has 98 valence electrons. The van der Waals surface area contributed by atoms with Gasteiger partial charge in [0.2, 0.25) is 0 Å². The molecule has 0 aromatic heterocycles. The second-order valence-corrected chi connectivity index (χ2v) is 4.63. The van der Waals surface area contributed by atoms with Gasteiger partial charge < -0.3 is 15.8 Å². The van der Waals surface area contributed by atoms with Gasteiger partial charge in [-0.15, -0.1) is 0 Å². The quantitative estimate of drug-likeness (QED) is 0.802. The van der Waals surface area contributed by atoms with Gasteiger partial charge in [0.05, 0.1) is 12.2 Å². The van der Waals surface area contributed by atoms with Crippen LogP contribution >= 0.6 is 0 Å². The molecule has 1 aliphatic heterocycles. The molecule has 5 heteroatoms. The molecule has 4 nitrogen and oxygen atoms in total. The maximum Gasteiger partial charge on any atom is 0.254 e. The van der Waals surface area contributed by atoms with Crippen molar-refractivity contribution < 1.29 is 13.9 Å². The van der Waals surface area contributed by atoms with Crippen molar-refractivity contribution in [3.05, 3.63) is 29.6 Å². The molecule has 0 saturated carbocycles. The number of nitrogens with two attached hydrogens (primary N) is 1.